The van der Waals surface area contributed by atoms with Crippen molar-refractivity contribution in [3.05, 3.63) is 82.9 Å². The highest BCUT2D eigenvalue weighted by Gasteiger charge is 2.12. The summed E-state index contributed by atoms with van der Waals surface area (Å²) in [6.07, 6.45) is 0.523. The second kappa shape index (κ2) is 8.52. The van der Waals surface area contributed by atoms with E-state index >= 15 is 0 Å². The number of carbonyl (C=O) groups excluding carboxylic acids is 1. The first kappa shape index (κ1) is 20.7. The topological polar surface area (TPSA) is 122 Å². The third-order valence-corrected chi connectivity index (χ3v) is 4.62. The molecule has 0 bridgehead atoms. The van der Waals surface area contributed by atoms with Crippen LogP contribution in [0.5, 0.6) is 5.75 Å². The fraction of sp³-hybridized carbons (Fsp3) is 0.0500. The van der Waals surface area contributed by atoms with E-state index in [1.54, 1.807) is 48.5 Å². The number of urea groups is 1. The number of hydrogen-bond donors (Lipinski definition) is 2. The van der Waals surface area contributed by atoms with Crippen LogP contribution in [0.4, 0.5) is 10.5 Å². The molecule has 9 heteroatoms. The van der Waals surface area contributed by atoms with Crippen LogP contribution in [0.2, 0.25) is 5.02 Å². The predicted octanol–water partition coefficient (Wildman–Crippen LogP) is 3.93. The van der Waals surface area contributed by atoms with E-state index in [1.807, 2.05) is 12.1 Å². The number of carbonyl (C=O) groups is 1. The molecule has 0 spiro atoms. The summed E-state index contributed by atoms with van der Waals surface area (Å²) in [6, 6.07) is 18.1. The number of amides is 2. The van der Waals surface area contributed by atoms with Crippen molar-refractivity contribution in [3.8, 4) is 16.9 Å². The Hall–Kier alpha value is -3.07. The first-order valence-electron chi connectivity index (χ1n) is 8.39. The monoisotopic (exact) mass is 431 g/mol. The molecule has 0 unspecified atom stereocenters. The van der Waals surface area contributed by atoms with Crippen molar-refractivity contribution in [2.75, 3.05) is 5.32 Å². The maximum atomic E-state index is 11.1. The van der Waals surface area contributed by atoms with Crippen molar-refractivity contribution in [1.82, 2.24) is 0 Å². The Morgan fingerprint density at radius 3 is 2.34 bits per heavy atom. The number of hydrogen-bond acceptors (Lipinski definition) is 5. The second-order valence-corrected chi connectivity index (χ2v) is 7.61. The SMILES string of the molecule is NC(=O)Nc1ccc(Cc2ccc(OS(=O)(=O)[O-])c(-c3cccc(Cl)c3)c2)cc1. The second-order valence-electron chi connectivity index (χ2n) is 6.20. The van der Waals surface area contributed by atoms with Gasteiger partial charge in [0.15, 0.2) is 0 Å². The van der Waals surface area contributed by atoms with E-state index in [2.05, 4.69) is 9.50 Å². The summed E-state index contributed by atoms with van der Waals surface area (Å²) < 4.78 is 37.9. The van der Waals surface area contributed by atoms with Gasteiger partial charge in [0.25, 0.3) is 10.4 Å². The molecule has 0 aliphatic carbocycles. The Labute approximate surface area is 173 Å². The van der Waals surface area contributed by atoms with Gasteiger partial charge in [-0.2, -0.15) is 0 Å². The third-order valence-electron chi connectivity index (χ3n) is 4.00. The number of rotatable bonds is 6. The van der Waals surface area contributed by atoms with Gasteiger partial charge in [0.05, 0.1) is 0 Å². The fourth-order valence-electron chi connectivity index (χ4n) is 2.84. The Balaban J connectivity index is 1.94. The first-order chi connectivity index (χ1) is 13.7. The molecular weight excluding hydrogens is 416 g/mol. The molecule has 29 heavy (non-hydrogen) atoms. The van der Waals surface area contributed by atoms with E-state index in [0.29, 0.717) is 28.3 Å². The third kappa shape index (κ3) is 5.95. The van der Waals surface area contributed by atoms with E-state index < -0.39 is 16.4 Å². The van der Waals surface area contributed by atoms with Gasteiger partial charge in [-0.25, -0.2) is 13.2 Å². The van der Waals surface area contributed by atoms with Crippen LogP contribution in [0.15, 0.2) is 66.7 Å². The highest BCUT2D eigenvalue weighted by atomic mass is 35.5. The molecule has 3 aromatic rings. The Bertz CT molecular complexity index is 1150. The van der Waals surface area contributed by atoms with Crippen LogP contribution in [0.3, 0.4) is 0 Å². The molecule has 2 amide bonds. The van der Waals surface area contributed by atoms with E-state index in [-0.39, 0.29) is 5.75 Å². The Morgan fingerprint density at radius 2 is 1.72 bits per heavy atom. The van der Waals surface area contributed by atoms with Crippen LogP contribution < -0.4 is 15.2 Å². The normalized spacial score (nSPS) is 11.1. The lowest BCUT2D eigenvalue weighted by molar-refractivity contribution is 0.259. The molecular formula is C20H16ClN2O5S-. The largest absolute Gasteiger partial charge is 0.716 e. The molecule has 3 aromatic carbocycles. The molecule has 0 saturated heterocycles. The molecule has 150 valence electrons. The summed E-state index contributed by atoms with van der Waals surface area (Å²) in [7, 11) is -4.93. The van der Waals surface area contributed by atoms with Crippen LogP contribution in [-0.2, 0) is 16.8 Å². The maximum Gasteiger partial charge on any atom is 0.316 e. The molecule has 0 radical (unpaired) electrons. The summed E-state index contributed by atoms with van der Waals surface area (Å²) in [6.45, 7) is 0. The maximum absolute atomic E-state index is 11.1. The van der Waals surface area contributed by atoms with Gasteiger partial charge < -0.3 is 19.8 Å². The Kier molecular flexibility index (Phi) is 6.07. The number of nitrogens with two attached hydrogens (primary N) is 1. The lowest BCUT2D eigenvalue weighted by atomic mass is 9.98. The molecule has 7 nitrogen and oxygen atoms in total. The summed E-state index contributed by atoms with van der Waals surface area (Å²) in [5.74, 6) is -0.0768. The van der Waals surface area contributed by atoms with Crippen molar-refractivity contribution < 1.29 is 21.9 Å². The molecule has 0 aromatic heterocycles. The van der Waals surface area contributed by atoms with Gasteiger partial charge in [0, 0.05) is 16.3 Å². The van der Waals surface area contributed by atoms with Crippen molar-refractivity contribution in [2.45, 2.75) is 6.42 Å². The smallest absolute Gasteiger partial charge is 0.316 e. The summed E-state index contributed by atoms with van der Waals surface area (Å²) >= 11 is 6.04. The quantitative estimate of drug-likeness (QED) is 0.452. The molecule has 3 rings (SSSR count). The molecule has 0 atom stereocenters. The van der Waals surface area contributed by atoms with Gasteiger partial charge in [0.1, 0.15) is 5.75 Å². The van der Waals surface area contributed by atoms with Crippen LogP contribution in [0.25, 0.3) is 11.1 Å². The molecule has 0 fully saturated rings. The highest BCUT2D eigenvalue weighted by molar-refractivity contribution is 7.81. The number of anilines is 1. The number of primary amides is 1. The van der Waals surface area contributed by atoms with Crippen LogP contribution >= 0.6 is 11.6 Å². The summed E-state index contributed by atoms with van der Waals surface area (Å²) in [5.41, 5.74) is 8.50. The minimum atomic E-state index is -4.93. The summed E-state index contributed by atoms with van der Waals surface area (Å²) in [4.78, 5) is 10.9. The molecule has 0 heterocycles. The molecule has 0 aliphatic rings. The van der Waals surface area contributed by atoms with Crippen LogP contribution in [0, 0.1) is 0 Å². The van der Waals surface area contributed by atoms with Gasteiger partial charge in [0.2, 0.25) is 0 Å². The average molecular weight is 432 g/mol. The molecule has 0 saturated carbocycles. The van der Waals surface area contributed by atoms with Gasteiger partial charge >= 0.3 is 6.03 Å². The van der Waals surface area contributed by atoms with E-state index in [9.17, 15) is 17.8 Å². The predicted molar refractivity (Wildman–Crippen MR) is 110 cm³/mol. The zero-order chi connectivity index (χ0) is 21.0. The van der Waals surface area contributed by atoms with Crippen molar-refractivity contribution in [2.24, 2.45) is 5.73 Å². The zero-order valence-electron chi connectivity index (χ0n) is 15.0. The van der Waals surface area contributed by atoms with Gasteiger partial charge in [-0.1, -0.05) is 41.9 Å². The van der Waals surface area contributed by atoms with Crippen LogP contribution in [-0.4, -0.2) is 19.0 Å². The molecule has 3 N–H and O–H groups in total. The fourth-order valence-corrected chi connectivity index (χ4v) is 3.39. The Morgan fingerprint density at radius 1 is 1.03 bits per heavy atom. The number of nitrogens with one attached hydrogen (secondary N) is 1. The number of benzene rings is 3. The minimum Gasteiger partial charge on any atom is -0.716 e. The van der Waals surface area contributed by atoms with Crippen LogP contribution in [0.1, 0.15) is 11.1 Å². The van der Waals surface area contributed by atoms with E-state index in [1.165, 1.54) is 6.07 Å². The van der Waals surface area contributed by atoms with E-state index in [0.717, 1.165) is 11.1 Å². The van der Waals surface area contributed by atoms with Gasteiger partial charge in [-0.05, 0) is 59.5 Å². The van der Waals surface area contributed by atoms with Crippen molar-refractivity contribution in [3.63, 3.8) is 0 Å². The minimum absolute atomic E-state index is 0.0768. The standard InChI is InChI=1S/C20H17ClN2O5S/c21-16-3-1-2-15(12-16)18-11-14(6-9-19(18)28-29(25,26)27)10-13-4-7-17(8-5-13)23-20(22)24/h1-9,11-12H,10H2,(H3,22,23,24)(H,25,26,27)/p-1. The van der Waals surface area contributed by atoms with Crippen molar-refractivity contribution in [1.29, 1.82) is 0 Å². The van der Waals surface area contributed by atoms with E-state index in [4.69, 9.17) is 17.3 Å². The average Bonchev–Trinajstić information content (AvgIpc) is 2.63. The highest BCUT2D eigenvalue weighted by Crippen LogP contribution is 2.34. The summed E-state index contributed by atoms with van der Waals surface area (Å²) in [5, 5.41) is 2.94. The van der Waals surface area contributed by atoms with Crippen molar-refractivity contribution >= 4 is 33.7 Å². The first-order valence-corrected chi connectivity index (χ1v) is 10.1. The lowest BCUT2D eigenvalue weighted by Gasteiger charge is -2.15. The lowest BCUT2D eigenvalue weighted by Crippen LogP contribution is -2.19. The van der Waals surface area contributed by atoms with Gasteiger partial charge in [-0.3, -0.25) is 0 Å². The number of halogens is 1. The zero-order valence-corrected chi connectivity index (χ0v) is 16.5. The molecule has 0 aliphatic heterocycles. The van der Waals surface area contributed by atoms with Gasteiger partial charge in [-0.15, -0.1) is 0 Å².